The van der Waals surface area contributed by atoms with Crippen LogP contribution in [0.4, 0.5) is 0 Å². The number of carboxylic acid groups (broad SMARTS) is 1. The van der Waals surface area contributed by atoms with Crippen molar-refractivity contribution in [2.24, 2.45) is 0 Å². The maximum Gasteiger partial charge on any atom is 0.305 e. The van der Waals surface area contributed by atoms with Crippen LogP contribution in [-0.4, -0.2) is 26.8 Å². The minimum atomic E-state index is -0.991. The van der Waals surface area contributed by atoms with Crippen LogP contribution in [0.25, 0.3) is 0 Å². The maximum absolute atomic E-state index is 12.7. The first-order valence-electron chi connectivity index (χ1n) is 8.69. The molecule has 6 nitrogen and oxygen atoms in total. The number of carbonyl (C=O) groups is 2. The van der Waals surface area contributed by atoms with Gasteiger partial charge in [0.05, 0.1) is 30.3 Å². The molecule has 1 heterocycles. The van der Waals surface area contributed by atoms with Gasteiger partial charge >= 0.3 is 5.97 Å². The lowest BCUT2D eigenvalue weighted by Gasteiger charge is -2.18. The summed E-state index contributed by atoms with van der Waals surface area (Å²) >= 11 is 5.89. The predicted molar refractivity (Wildman–Crippen MR) is 100 cm³/mol. The largest absolute Gasteiger partial charge is 0.481 e. The van der Waals surface area contributed by atoms with E-state index in [0.29, 0.717) is 16.1 Å². The van der Waals surface area contributed by atoms with Crippen LogP contribution in [0, 0.1) is 6.92 Å². The van der Waals surface area contributed by atoms with Crippen molar-refractivity contribution in [1.29, 1.82) is 0 Å². The Labute approximate surface area is 158 Å². The summed E-state index contributed by atoms with van der Waals surface area (Å²) in [6.45, 7) is 6.02. The molecule has 0 radical (unpaired) electrons. The number of amides is 1. The Kier molecular flexibility index (Phi) is 6.80. The van der Waals surface area contributed by atoms with Crippen molar-refractivity contribution in [2.45, 2.75) is 52.1 Å². The topological polar surface area (TPSA) is 84.2 Å². The van der Waals surface area contributed by atoms with Crippen molar-refractivity contribution in [3.63, 3.8) is 0 Å². The van der Waals surface area contributed by atoms with E-state index >= 15 is 0 Å². The molecule has 0 aliphatic heterocycles. The third-order valence-electron chi connectivity index (χ3n) is 4.53. The summed E-state index contributed by atoms with van der Waals surface area (Å²) in [7, 11) is 0. The molecule has 1 aromatic carbocycles. The van der Waals surface area contributed by atoms with Crippen LogP contribution in [0.15, 0.2) is 30.5 Å². The third-order valence-corrected chi connectivity index (χ3v) is 4.79. The van der Waals surface area contributed by atoms with Crippen LogP contribution >= 0.6 is 11.6 Å². The Bertz CT molecular complexity index is 767. The highest BCUT2D eigenvalue weighted by atomic mass is 35.5. The second kappa shape index (κ2) is 8.85. The van der Waals surface area contributed by atoms with Gasteiger partial charge < -0.3 is 10.4 Å². The van der Waals surface area contributed by atoms with Gasteiger partial charge in [-0.3, -0.25) is 14.3 Å². The lowest BCUT2D eigenvalue weighted by atomic mass is 10.0. The fraction of sp³-hybridized carbons (Fsp3) is 0.421. The van der Waals surface area contributed by atoms with Crippen molar-refractivity contribution in [3.05, 3.63) is 52.3 Å². The Morgan fingerprint density at radius 2 is 1.85 bits per heavy atom. The molecule has 2 N–H and O–H groups in total. The van der Waals surface area contributed by atoms with Crippen LogP contribution in [0.2, 0.25) is 5.02 Å². The summed E-state index contributed by atoms with van der Waals surface area (Å²) in [5, 5.41) is 16.9. The summed E-state index contributed by atoms with van der Waals surface area (Å²) in [6.07, 6.45) is 3.18. The van der Waals surface area contributed by atoms with E-state index in [2.05, 4.69) is 24.3 Å². The molecule has 26 heavy (non-hydrogen) atoms. The fourth-order valence-corrected chi connectivity index (χ4v) is 3.13. The Hall–Kier alpha value is -2.34. The van der Waals surface area contributed by atoms with Gasteiger partial charge in [-0.25, -0.2) is 0 Å². The lowest BCUT2D eigenvalue weighted by Crippen LogP contribution is -2.30. The molecule has 1 aromatic heterocycles. The van der Waals surface area contributed by atoms with Gasteiger partial charge in [-0.15, -0.1) is 0 Å². The molecule has 0 aliphatic rings. The quantitative estimate of drug-likeness (QED) is 0.723. The molecule has 2 aromatic rings. The Morgan fingerprint density at radius 1 is 1.23 bits per heavy atom. The number of aromatic nitrogens is 2. The summed E-state index contributed by atoms with van der Waals surface area (Å²) in [5.74, 6) is -1.32. The van der Waals surface area contributed by atoms with Gasteiger partial charge in [0.25, 0.3) is 5.91 Å². The van der Waals surface area contributed by atoms with Gasteiger partial charge in [0, 0.05) is 10.7 Å². The van der Waals surface area contributed by atoms with Gasteiger partial charge in [-0.1, -0.05) is 37.6 Å². The maximum atomic E-state index is 12.7. The van der Waals surface area contributed by atoms with E-state index < -0.39 is 12.0 Å². The molecule has 0 aliphatic carbocycles. The van der Waals surface area contributed by atoms with Gasteiger partial charge in [0.15, 0.2) is 0 Å². The SMILES string of the molecule is CCC(CC)n1ncc(C(=O)N[C@@H](CC(=O)O)c2ccc(Cl)cc2)c1C. The summed E-state index contributed by atoms with van der Waals surface area (Å²) in [6, 6.07) is 6.38. The van der Waals surface area contributed by atoms with Crippen LogP contribution in [0.1, 0.15) is 66.8 Å². The third kappa shape index (κ3) is 4.64. The van der Waals surface area contributed by atoms with Crippen molar-refractivity contribution in [1.82, 2.24) is 15.1 Å². The van der Waals surface area contributed by atoms with Gasteiger partial charge in [-0.2, -0.15) is 5.10 Å². The van der Waals surface area contributed by atoms with Crippen molar-refractivity contribution in [3.8, 4) is 0 Å². The van der Waals surface area contributed by atoms with E-state index in [-0.39, 0.29) is 18.4 Å². The minimum absolute atomic E-state index is 0.215. The number of carboxylic acids is 1. The molecular weight excluding hydrogens is 354 g/mol. The highest BCUT2D eigenvalue weighted by Crippen LogP contribution is 2.22. The zero-order valence-electron chi connectivity index (χ0n) is 15.2. The van der Waals surface area contributed by atoms with Gasteiger partial charge in [-0.05, 0) is 37.5 Å². The first kappa shape index (κ1) is 20.0. The van der Waals surface area contributed by atoms with Crippen LogP contribution in [0.5, 0.6) is 0 Å². The van der Waals surface area contributed by atoms with Crippen molar-refractivity contribution < 1.29 is 14.7 Å². The van der Waals surface area contributed by atoms with Gasteiger partial charge in [0.1, 0.15) is 0 Å². The van der Waals surface area contributed by atoms with Crippen LogP contribution in [-0.2, 0) is 4.79 Å². The van der Waals surface area contributed by atoms with E-state index in [4.69, 9.17) is 11.6 Å². The molecular formula is C19H24ClN3O3. The average Bonchev–Trinajstić information content (AvgIpc) is 2.97. The molecule has 140 valence electrons. The fourth-order valence-electron chi connectivity index (χ4n) is 3.01. The molecule has 0 saturated carbocycles. The number of halogens is 1. The monoisotopic (exact) mass is 377 g/mol. The van der Waals surface area contributed by atoms with E-state index in [1.807, 2.05) is 11.6 Å². The molecule has 1 atom stereocenters. The van der Waals surface area contributed by atoms with Crippen molar-refractivity contribution >= 4 is 23.5 Å². The summed E-state index contributed by atoms with van der Waals surface area (Å²) < 4.78 is 1.86. The van der Waals surface area contributed by atoms with Crippen LogP contribution < -0.4 is 5.32 Å². The van der Waals surface area contributed by atoms with E-state index in [9.17, 15) is 14.7 Å². The summed E-state index contributed by atoms with van der Waals surface area (Å²) in [5.41, 5.74) is 1.93. The zero-order chi connectivity index (χ0) is 19.3. The van der Waals surface area contributed by atoms with E-state index in [0.717, 1.165) is 18.5 Å². The molecule has 7 heteroatoms. The van der Waals surface area contributed by atoms with Gasteiger partial charge in [0.2, 0.25) is 0 Å². The number of carbonyl (C=O) groups excluding carboxylic acids is 1. The number of nitrogens with zero attached hydrogens (tertiary/aromatic N) is 2. The van der Waals surface area contributed by atoms with Crippen LogP contribution in [0.3, 0.4) is 0 Å². The van der Waals surface area contributed by atoms with E-state index in [1.54, 1.807) is 30.5 Å². The van der Waals surface area contributed by atoms with E-state index in [1.165, 1.54) is 0 Å². The number of aliphatic carboxylic acids is 1. The first-order valence-corrected chi connectivity index (χ1v) is 9.07. The normalized spacial score (nSPS) is 12.2. The standard InChI is InChI=1S/C19H24ClN3O3/c1-4-15(5-2)23-12(3)16(11-21-23)19(26)22-17(10-18(24)25)13-6-8-14(20)9-7-13/h6-9,11,15,17H,4-5,10H2,1-3H3,(H,22,26)(H,24,25)/t17-/m0/s1. The Morgan fingerprint density at radius 3 is 2.38 bits per heavy atom. The van der Waals surface area contributed by atoms with Crippen molar-refractivity contribution in [2.75, 3.05) is 0 Å². The second-order valence-corrected chi connectivity index (χ2v) is 6.67. The molecule has 0 fully saturated rings. The number of rotatable bonds is 8. The lowest BCUT2D eigenvalue weighted by molar-refractivity contribution is -0.137. The second-order valence-electron chi connectivity index (χ2n) is 6.23. The molecule has 0 spiro atoms. The average molecular weight is 378 g/mol. The molecule has 2 rings (SSSR count). The summed E-state index contributed by atoms with van der Waals surface area (Å²) in [4.78, 5) is 23.9. The Balaban J connectivity index is 2.24. The molecule has 1 amide bonds. The number of nitrogens with one attached hydrogen (secondary N) is 1. The zero-order valence-corrected chi connectivity index (χ0v) is 16.0. The molecule has 0 bridgehead atoms. The first-order chi connectivity index (χ1) is 12.4. The predicted octanol–water partition coefficient (Wildman–Crippen LogP) is 4.15. The highest BCUT2D eigenvalue weighted by molar-refractivity contribution is 6.30. The highest BCUT2D eigenvalue weighted by Gasteiger charge is 2.22. The number of hydrogen-bond acceptors (Lipinski definition) is 3. The number of hydrogen-bond donors (Lipinski definition) is 2. The minimum Gasteiger partial charge on any atom is -0.481 e. The number of benzene rings is 1. The molecule has 0 unspecified atom stereocenters. The smallest absolute Gasteiger partial charge is 0.305 e. The molecule has 0 saturated heterocycles.